The Kier molecular flexibility index (Phi) is 5.27. The van der Waals surface area contributed by atoms with Crippen LogP contribution in [0.2, 0.25) is 0 Å². The molecular weight excluding hydrogens is 216 g/mol. The van der Waals surface area contributed by atoms with E-state index in [2.05, 4.69) is 5.29 Å². The first-order valence-electron chi connectivity index (χ1n) is 2.46. The Hall–Kier alpha value is -0.260. The van der Waals surface area contributed by atoms with Gasteiger partial charge >= 0.3 is 6.03 Å². The molecule has 0 heterocycles. The van der Waals surface area contributed by atoms with Gasteiger partial charge < -0.3 is 0 Å². The molecule has 5 nitrogen and oxygen atoms in total. The summed E-state index contributed by atoms with van der Waals surface area (Å²) in [4.78, 5) is 20.4. The zero-order chi connectivity index (χ0) is 8.85. The molecule has 0 aliphatic rings. The summed E-state index contributed by atoms with van der Waals surface area (Å²) in [7, 11) is 0. The molecule has 0 aromatic carbocycles. The summed E-state index contributed by atoms with van der Waals surface area (Å²) in [5, 5.41) is 2.12. The summed E-state index contributed by atoms with van der Waals surface area (Å²) in [5.41, 5.74) is 0. The van der Waals surface area contributed by atoms with Gasteiger partial charge in [0.15, 0.2) is 0 Å². The number of carbonyl (C=O) groups excluding carboxylic acids is 1. The van der Waals surface area contributed by atoms with Crippen LogP contribution in [-0.2, 0) is 0 Å². The average Bonchev–Trinajstić information content (AvgIpc) is 2.02. The number of nitrogens with zero attached hydrogens (tertiary/aromatic N) is 3. The van der Waals surface area contributed by atoms with Crippen LogP contribution >= 0.6 is 35.2 Å². The highest BCUT2D eigenvalue weighted by atomic mass is 35.5. The van der Waals surface area contributed by atoms with Gasteiger partial charge in [-0.1, -0.05) is 4.53 Å². The van der Waals surface area contributed by atoms with E-state index >= 15 is 0 Å². The first-order chi connectivity index (χ1) is 5.13. The van der Waals surface area contributed by atoms with Gasteiger partial charge in [0, 0.05) is 29.4 Å². The van der Waals surface area contributed by atoms with Crippen molar-refractivity contribution in [2.24, 2.45) is 5.29 Å². The SMILES string of the molecule is O=NN(Cl)C(=O)N(Cl)CCCl. The largest absolute Gasteiger partial charge is 0.373 e. The maximum Gasteiger partial charge on any atom is 0.373 e. The third-order valence-electron chi connectivity index (χ3n) is 0.718. The van der Waals surface area contributed by atoms with E-state index in [9.17, 15) is 9.70 Å². The quantitative estimate of drug-likeness (QED) is 0.316. The number of hydrogen-bond donors (Lipinski definition) is 0. The fraction of sp³-hybridized carbons (Fsp3) is 0.667. The maximum atomic E-state index is 10.7. The van der Waals surface area contributed by atoms with E-state index in [4.69, 9.17) is 35.2 Å². The van der Waals surface area contributed by atoms with E-state index in [0.29, 0.717) is 4.42 Å². The molecule has 0 aromatic heterocycles. The van der Waals surface area contributed by atoms with Gasteiger partial charge in [0.25, 0.3) is 0 Å². The van der Waals surface area contributed by atoms with Crippen LogP contribution in [0.25, 0.3) is 0 Å². The van der Waals surface area contributed by atoms with E-state index in [1.165, 1.54) is 0 Å². The van der Waals surface area contributed by atoms with E-state index in [-0.39, 0.29) is 17.0 Å². The van der Waals surface area contributed by atoms with E-state index in [1.54, 1.807) is 0 Å². The third kappa shape index (κ3) is 3.60. The maximum absolute atomic E-state index is 10.7. The molecule has 8 heteroatoms. The normalized spacial score (nSPS) is 9.00. The summed E-state index contributed by atoms with van der Waals surface area (Å²) in [6, 6.07) is -0.927. The van der Waals surface area contributed by atoms with Crippen molar-refractivity contribution in [1.29, 1.82) is 0 Å². The van der Waals surface area contributed by atoms with Crippen molar-refractivity contribution in [3.05, 3.63) is 4.91 Å². The Labute approximate surface area is 77.9 Å². The van der Waals surface area contributed by atoms with Crippen LogP contribution in [0.4, 0.5) is 4.79 Å². The van der Waals surface area contributed by atoms with Gasteiger partial charge in [-0.25, -0.2) is 9.21 Å². The van der Waals surface area contributed by atoms with Crippen LogP contribution in [-0.4, -0.2) is 27.4 Å². The Morgan fingerprint density at radius 3 is 2.36 bits per heavy atom. The zero-order valence-corrected chi connectivity index (χ0v) is 7.47. The number of hydrogen-bond acceptors (Lipinski definition) is 3. The Morgan fingerprint density at radius 2 is 2.00 bits per heavy atom. The third-order valence-corrected chi connectivity index (χ3v) is 1.41. The predicted molar refractivity (Wildman–Crippen MR) is 42.2 cm³/mol. The van der Waals surface area contributed by atoms with Gasteiger partial charge in [-0.3, -0.25) is 0 Å². The second-order valence-corrected chi connectivity index (χ2v) is 2.51. The Balaban J connectivity index is 3.90. The minimum Gasteiger partial charge on any atom is -0.243 e. The molecule has 0 aromatic rings. The molecule has 0 aliphatic carbocycles. The number of urea groups is 1. The second kappa shape index (κ2) is 5.40. The second-order valence-electron chi connectivity index (χ2n) is 1.40. The molecule has 0 rings (SSSR count). The molecule has 0 spiro atoms. The van der Waals surface area contributed by atoms with Gasteiger partial charge in [-0.2, -0.15) is 0 Å². The average molecular weight is 220 g/mol. The lowest BCUT2D eigenvalue weighted by Gasteiger charge is -2.12. The molecule has 0 aliphatic heterocycles. The molecule has 2 amide bonds. The van der Waals surface area contributed by atoms with Crippen molar-refractivity contribution in [2.75, 3.05) is 12.4 Å². The Morgan fingerprint density at radius 1 is 1.45 bits per heavy atom. The van der Waals surface area contributed by atoms with Crippen molar-refractivity contribution in [3.63, 3.8) is 0 Å². The van der Waals surface area contributed by atoms with E-state index in [0.717, 1.165) is 0 Å². The van der Waals surface area contributed by atoms with Crippen LogP contribution < -0.4 is 0 Å². The highest BCUT2D eigenvalue weighted by Gasteiger charge is 2.17. The summed E-state index contributed by atoms with van der Waals surface area (Å²) in [6.45, 7) is 0.0840. The molecule has 0 saturated carbocycles. The van der Waals surface area contributed by atoms with Crippen LogP contribution in [0.3, 0.4) is 0 Å². The first-order valence-corrected chi connectivity index (χ1v) is 3.67. The number of amides is 2. The summed E-state index contributed by atoms with van der Waals surface area (Å²) in [5.74, 6) is 0.152. The number of halogens is 3. The van der Waals surface area contributed by atoms with Crippen LogP contribution in [0.1, 0.15) is 0 Å². The van der Waals surface area contributed by atoms with Crippen molar-refractivity contribution in [1.82, 2.24) is 8.95 Å². The zero-order valence-electron chi connectivity index (χ0n) is 5.21. The minimum atomic E-state index is -0.927. The summed E-state index contributed by atoms with van der Waals surface area (Å²) >= 11 is 15.5. The van der Waals surface area contributed by atoms with E-state index < -0.39 is 6.03 Å². The molecule has 64 valence electrons. The number of nitroso groups, excluding NO2 is 1. The van der Waals surface area contributed by atoms with Crippen LogP contribution in [0.5, 0.6) is 0 Å². The van der Waals surface area contributed by atoms with Gasteiger partial charge in [-0.05, 0) is 0 Å². The molecule has 0 radical (unpaired) electrons. The summed E-state index contributed by atoms with van der Waals surface area (Å²) < 4.78 is 0.709. The standard InChI is InChI=1S/C3H4Cl3N3O2/c4-1-2-8(5)3(10)9(6)7-11/h1-2H2. The lowest BCUT2D eigenvalue weighted by molar-refractivity contribution is 0.208. The van der Waals surface area contributed by atoms with Gasteiger partial charge in [-0.15, -0.1) is 16.5 Å². The van der Waals surface area contributed by atoms with Crippen molar-refractivity contribution < 1.29 is 4.79 Å². The highest BCUT2D eigenvalue weighted by molar-refractivity contribution is 6.27. The smallest absolute Gasteiger partial charge is 0.243 e. The molecule has 0 bridgehead atoms. The van der Waals surface area contributed by atoms with Gasteiger partial charge in [0.1, 0.15) is 0 Å². The van der Waals surface area contributed by atoms with Crippen LogP contribution in [0.15, 0.2) is 5.29 Å². The number of carbonyl (C=O) groups is 1. The molecule has 11 heavy (non-hydrogen) atoms. The molecule has 0 unspecified atom stereocenters. The molecular formula is C3H4Cl3N3O2. The monoisotopic (exact) mass is 219 g/mol. The number of rotatable bonds is 3. The molecule has 0 saturated heterocycles. The van der Waals surface area contributed by atoms with Crippen molar-refractivity contribution >= 4 is 41.2 Å². The lowest BCUT2D eigenvalue weighted by Crippen LogP contribution is -2.30. The van der Waals surface area contributed by atoms with Gasteiger partial charge in [0.05, 0.1) is 11.8 Å². The Bertz CT molecular complexity index is 155. The lowest BCUT2D eigenvalue weighted by atomic mass is 10.7. The first kappa shape index (κ1) is 10.7. The fourth-order valence-corrected chi connectivity index (χ4v) is 0.836. The highest BCUT2D eigenvalue weighted by Crippen LogP contribution is 2.05. The number of alkyl halides is 1. The fourth-order valence-electron chi connectivity index (χ4n) is 0.294. The van der Waals surface area contributed by atoms with Gasteiger partial charge in [0.2, 0.25) is 0 Å². The van der Waals surface area contributed by atoms with E-state index in [1.807, 2.05) is 0 Å². The molecule has 0 fully saturated rings. The van der Waals surface area contributed by atoms with Crippen molar-refractivity contribution in [2.45, 2.75) is 0 Å². The minimum absolute atomic E-state index is 0.0551. The van der Waals surface area contributed by atoms with Crippen LogP contribution in [0, 0.1) is 4.91 Å². The summed E-state index contributed by atoms with van der Waals surface area (Å²) in [6.07, 6.45) is 0. The molecule has 0 N–H and O–H groups in total. The van der Waals surface area contributed by atoms with Crippen molar-refractivity contribution in [3.8, 4) is 0 Å². The predicted octanol–water partition coefficient (Wildman–Crippen LogP) is 1.94. The topological polar surface area (TPSA) is 53.0 Å². The molecule has 0 atom stereocenters.